The first-order valence-corrected chi connectivity index (χ1v) is 8.02. The van der Waals surface area contributed by atoms with E-state index in [0.717, 1.165) is 38.5 Å². The molecule has 2 heterocycles. The number of hydrogen-bond acceptors (Lipinski definition) is 3. The summed E-state index contributed by atoms with van der Waals surface area (Å²) in [6, 6.07) is 21.6. The van der Waals surface area contributed by atoms with Crippen molar-refractivity contribution < 1.29 is 4.42 Å². The first-order chi connectivity index (χ1) is 11.8. The first kappa shape index (κ1) is 13.5. The number of para-hydroxylation sites is 3. The van der Waals surface area contributed by atoms with Crippen LogP contribution >= 0.6 is 11.6 Å². The zero-order valence-electron chi connectivity index (χ0n) is 12.5. The van der Waals surface area contributed by atoms with Crippen LogP contribution in [0.4, 0.5) is 0 Å². The van der Waals surface area contributed by atoms with Crippen LogP contribution in [-0.2, 0) is 0 Å². The molecule has 5 aromatic rings. The third-order valence-electron chi connectivity index (χ3n) is 4.19. The smallest absolute Gasteiger partial charge is 0.156 e. The highest BCUT2D eigenvalue weighted by atomic mass is 35.5. The molecule has 0 atom stereocenters. The van der Waals surface area contributed by atoms with Crippen molar-refractivity contribution >= 4 is 44.6 Å². The molecule has 0 spiro atoms. The predicted octanol–water partition coefficient (Wildman–Crippen LogP) is 5.85. The summed E-state index contributed by atoms with van der Waals surface area (Å²) in [5, 5.41) is 2.46. The molecule has 114 valence electrons. The number of benzene rings is 3. The lowest BCUT2D eigenvalue weighted by molar-refractivity contribution is 0.669. The van der Waals surface area contributed by atoms with Gasteiger partial charge >= 0.3 is 0 Å². The fraction of sp³-hybridized carbons (Fsp3) is 0. The van der Waals surface area contributed by atoms with Gasteiger partial charge in [-0.1, -0.05) is 54.1 Å². The Labute approximate surface area is 142 Å². The van der Waals surface area contributed by atoms with Crippen molar-refractivity contribution in [1.82, 2.24) is 9.97 Å². The Bertz CT molecular complexity index is 1230. The Kier molecular flexibility index (Phi) is 2.84. The van der Waals surface area contributed by atoms with E-state index in [4.69, 9.17) is 21.0 Å². The van der Waals surface area contributed by atoms with Crippen LogP contribution in [0.15, 0.2) is 71.1 Å². The molecule has 0 aliphatic carbocycles. The molecular formula is C20H11ClN2O. The maximum atomic E-state index is 6.45. The molecule has 0 N–H and O–H groups in total. The third-order valence-corrected chi connectivity index (χ3v) is 4.45. The molecule has 4 heteroatoms. The van der Waals surface area contributed by atoms with Gasteiger partial charge in [0, 0.05) is 16.3 Å². The van der Waals surface area contributed by atoms with Crippen LogP contribution in [0.1, 0.15) is 0 Å². The molecule has 0 fully saturated rings. The van der Waals surface area contributed by atoms with Crippen molar-refractivity contribution in [3.05, 3.63) is 71.9 Å². The van der Waals surface area contributed by atoms with Gasteiger partial charge in [-0.15, -0.1) is 0 Å². The molecule has 0 unspecified atom stereocenters. The summed E-state index contributed by atoms with van der Waals surface area (Å²) < 4.78 is 5.95. The highest BCUT2D eigenvalue weighted by Crippen LogP contribution is 2.38. The molecule has 5 rings (SSSR count). The molecule has 0 aliphatic heterocycles. The summed E-state index contributed by atoms with van der Waals surface area (Å²) in [6.07, 6.45) is 0. The molecule has 0 radical (unpaired) electrons. The van der Waals surface area contributed by atoms with E-state index in [0.29, 0.717) is 10.8 Å². The molecule has 0 bridgehead atoms. The van der Waals surface area contributed by atoms with Crippen molar-refractivity contribution in [2.24, 2.45) is 0 Å². The van der Waals surface area contributed by atoms with Gasteiger partial charge in [-0.25, -0.2) is 9.97 Å². The lowest BCUT2D eigenvalue weighted by atomic mass is 10.0. The SMILES string of the molecule is Clc1nc2ccccc2nc1-c1cccc2oc3ccccc3c12. The van der Waals surface area contributed by atoms with E-state index in [-0.39, 0.29) is 0 Å². The summed E-state index contributed by atoms with van der Waals surface area (Å²) >= 11 is 6.45. The topological polar surface area (TPSA) is 38.9 Å². The van der Waals surface area contributed by atoms with Gasteiger partial charge in [-0.2, -0.15) is 0 Å². The van der Waals surface area contributed by atoms with Crippen LogP contribution in [0.2, 0.25) is 5.15 Å². The van der Waals surface area contributed by atoms with Gasteiger partial charge in [0.15, 0.2) is 5.15 Å². The van der Waals surface area contributed by atoms with Crippen molar-refractivity contribution in [2.75, 3.05) is 0 Å². The lowest BCUT2D eigenvalue weighted by Crippen LogP contribution is -1.91. The Hall–Kier alpha value is -2.91. The van der Waals surface area contributed by atoms with Gasteiger partial charge in [0.2, 0.25) is 0 Å². The zero-order chi connectivity index (χ0) is 16.1. The number of furan rings is 1. The highest BCUT2D eigenvalue weighted by Gasteiger charge is 2.16. The second kappa shape index (κ2) is 5.05. The molecule has 0 saturated heterocycles. The Morgan fingerprint density at radius 3 is 2.29 bits per heavy atom. The minimum Gasteiger partial charge on any atom is -0.456 e. The number of rotatable bonds is 1. The van der Waals surface area contributed by atoms with Crippen molar-refractivity contribution in [2.45, 2.75) is 0 Å². The van der Waals surface area contributed by atoms with Crippen molar-refractivity contribution in [1.29, 1.82) is 0 Å². The quantitative estimate of drug-likeness (QED) is 0.387. The predicted molar refractivity (Wildman–Crippen MR) is 97.3 cm³/mol. The van der Waals surface area contributed by atoms with Gasteiger partial charge in [-0.3, -0.25) is 0 Å². The van der Waals surface area contributed by atoms with E-state index >= 15 is 0 Å². The Morgan fingerprint density at radius 2 is 1.42 bits per heavy atom. The number of fused-ring (bicyclic) bond motifs is 4. The minimum atomic E-state index is 0.395. The number of halogens is 1. The van der Waals surface area contributed by atoms with E-state index in [9.17, 15) is 0 Å². The van der Waals surface area contributed by atoms with Crippen LogP contribution in [0.25, 0.3) is 44.2 Å². The van der Waals surface area contributed by atoms with Gasteiger partial charge in [0.05, 0.1) is 11.0 Å². The van der Waals surface area contributed by atoms with E-state index in [1.807, 2.05) is 66.7 Å². The molecule has 2 aromatic heterocycles. The van der Waals surface area contributed by atoms with Crippen LogP contribution in [0.5, 0.6) is 0 Å². The Morgan fingerprint density at radius 1 is 0.708 bits per heavy atom. The van der Waals surface area contributed by atoms with Crippen LogP contribution in [0.3, 0.4) is 0 Å². The van der Waals surface area contributed by atoms with Crippen LogP contribution in [0, 0.1) is 0 Å². The largest absolute Gasteiger partial charge is 0.456 e. The monoisotopic (exact) mass is 330 g/mol. The second-order valence-electron chi connectivity index (χ2n) is 5.63. The van der Waals surface area contributed by atoms with E-state index < -0.39 is 0 Å². The zero-order valence-corrected chi connectivity index (χ0v) is 13.3. The second-order valence-corrected chi connectivity index (χ2v) is 5.99. The highest BCUT2D eigenvalue weighted by molar-refractivity contribution is 6.33. The van der Waals surface area contributed by atoms with E-state index in [2.05, 4.69) is 4.98 Å². The average molecular weight is 331 g/mol. The number of nitrogens with zero attached hydrogens (tertiary/aromatic N) is 2. The molecule has 3 nitrogen and oxygen atoms in total. The third kappa shape index (κ3) is 1.92. The average Bonchev–Trinajstić information content (AvgIpc) is 3.00. The fourth-order valence-electron chi connectivity index (χ4n) is 3.12. The van der Waals surface area contributed by atoms with Gasteiger partial charge < -0.3 is 4.42 Å². The number of aromatic nitrogens is 2. The molecule has 0 aliphatic rings. The van der Waals surface area contributed by atoms with Crippen LogP contribution in [-0.4, -0.2) is 9.97 Å². The maximum Gasteiger partial charge on any atom is 0.156 e. The van der Waals surface area contributed by atoms with Gasteiger partial charge in [0.1, 0.15) is 16.9 Å². The fourth-order valence-corrected chi connectivity index (χ4v) is 3.36. The summed E-state index contributed by atoms with van der Waals surface area (Å²) in [5.41, 5.74) is 4.88. The van der Waals surface area contributed by atoms with Crippen LogP contribution < -0.4 is 0 Å². The minimum absolute atomic E-state index is 0.395. The normalized spacial score (nSPS) is 11.5. The number of hydrogen-bond donors (Lipinski definition) is 0. The molecule has 3 aromatic carbocycles. The molecule has 0 saturated carbocycles. The van der Waals surface area contributed by atoms with E-state index in [1.54, 1.807) is 0 Å². The first-order valence-electron chi connectivity index (χ1n) is 7.64. The van der Waals surface area contributed by atoms with E-state index in [1.165, 1.54) is 0 Å². The summed E-state index contributed by atoms with van der Waals surface area (Å²) in [7, 11) is 0. The summed E-state index contributed by atoms with van der Waals surface area (Å²) in [4.78, 5) is 9.24. The van der Waals surface area contributed by atoms with Crippen molar-refractivity contribution in [3.8, 4) is 11.3 Å². The molecule has 0 amide bonds. The van der Waals surface area contributed by atoms with Crippen molar-refractivity contribution in [3.63, 3.8) is 0 Å². The maximum absolute atomic E-state index is 6.45. The lowest BCUT2D eigenvalue weighted by Gasteiger charge is -2.06. The summed E-state index contributed by atoms with van der Waals surface area (Å²) in [6.45, 7) is 0. The molecule has 24 heavy (non-hydrogen) atoms. The standard InChI is InChI=1S/C20H11ClN2O/c21-20-19(22-14-8-2-3-9-15(14)23-20)13-7-5-11-17-18(13)12-6-1-4-10-16(12)24-17/h1-11H. The van der Waals surface area contributed by atoms with Gasteiger partial charge in [-0.05, 0) is 24.3 Å². The molecular weight excluding hydrogens is 320 g/mol. The Balaban J connectivity index is 1.91. The summed E-state index contributed by atoms with van der Waals surface area (Å²) in [5.74, 6) is 0. The van der Waals surface area contributed by atoms with Gasteiger partial charge in [0.25, 0.3) is 0 Å².